The van der Waals surface area contributed by atoms with E-state index in [9.17, 15) is 5.11 Å². The average Bonchev–Trinajstić information content (AvgIpc) is 2.45. The van der Waals surface area contributed by atoms with Gasteiger partial charge in [0.25, 0.3) is 0 Å². The lowest BCUT2D eigenvalue weighted by atomic mass is 9.85. The van der Waals surface area contributed by atoms with Crippen LogP contribution in [-0.4, -0.2) is 11.7 Å². The molecule has 80 valence electrons. The third-order valence-corrected chi connectivity index (χ3v) is 4.65. The van der Waals surface area contributed by atoms with Gasteiger partial charge in [-0.3, -0.25) is 0 Å². The Hall–Kier alpha value is 0.100. The average molecular weight is 278 g/mol. The quantitative estimate of drug-likeness (QED) is 0.893. The van der Waals surface area contributed by atoms with E-state index in [1.54, 1.807) is 11.3 Å². The summed E-state index contributed by atoms with van der Waals surface area (Å²) in [5.74, 6) is 0. The first-order chi connectivity index (χ1) is 6.38. The summed E-state index contributed by atoms with van der Waals surface area (Å²) in [6.07, 6.45) is 0. The van der Waals surface area contributed by atoms with Gasteiger partial charge in [-0.05, 0) is 28.9 Å². The fourth-order valence-corrected chi connectivity index (χ4v) is 2.89. The van der Waals surface area contributed by atoms with Crippen LogP contribution in [0.1, 0.15) is 29.6 Å². The van der Waals surface area contributed by atoms with Gasteiger partial charge < -0.3 is 10.8 Å². The molecule has 1 unspecified atom stereocenters. The smallest absolute Gasteiger partial charge is 0.0500 e. The SMILES string of the molecule is Cc1sc(C(N)C(C)(C)CO)cc1Br. The van der Waals surface area contributed by atoms with E-state index in [4.69, 9.17) is 5.73 Å². The van der Waals surface area contributed by atoms with Crippen molar-refractivity contribution >= 4 is 27.3 Å². The highest BCUT2D eigenvalue weighted by atomic mass is 79.9. The van der Waals surface area contributed by atoms with E-state index >= 15 is 0 Å². The first-order valence-electron chi connectivity index (χ1n) is 4.51. The number of aliphatic hydroxyl groups is 1. The molecule has 3 N–H and O–H groups in total. The second-order valence-electron chi connectivity index (χ2n) is 4.18. The molecule has 0 fully saturated rings. The molecular weight excluding hydrogens is 262 g/mol. The summed E-state index contributed by atoms with van der Waals surface area (Å²) >= 11 is 5.15. The predicted octanol–water partition coefficient (Wildman–Crippen LogP) is 2.84. The molecule has 1 rings (SSSR count). The minimum Gasteiger partial charge on any atom is -0.396 e. The molecule has 0 spiro atoms. The first kappa shape index (κ1) is 12.2. The molecular formula is C10H16BrNOS. The molecule has 2 nitrogen and oxygen atoms in total. The molecule has 1 aromatic heterocycles. The second kappa shape index (κ2) is 4.31. The Balaban J connectivity index is 2.94. The Morgan fingerprint density at radius 3 is 2.57 bits per heavy atom. The van der Waals surface area contributed by atoms with E-state index in [-0.39, 0.29) is 18.1 Å². The van der Waals surface area contributed by atoms with Gasteiger partial charge in [-0.15, -0.1) is 11.3 Å². The largest absolute Gasteiger partial charge is 0.396 e. The number of halogens is 1. The van der Waals surface area contributed by atoms with Crippen molar-refractivity contribution in [2.24, 2.45) is 11.1 Å². The van der Waals surface area contributed by atoms with Gasteiger partial charge in [0.15, 0.2) is 0 Å². The molecule has 0 aliphatic heterocycles. The van der Waals surface area contributed by atoms with Crippen molar-refractivity contribution in [3.8, 4) is 0 Å². The lowest BCUT2D eigenvalue weighted by molar-refractivity contribution is 0.133. The first-order valence-corrected chi connectivity index (χ1v) is 6.11. The van der Waals surface area contributed by atoms with E-state index in [1.165, 1.54) is 4.88 Å². The van der Waals surface area contributed by atoms with Gasteiger partial charge in [-0.1, -0.05) is 13.8 Å². The normalized spacial score (nSPS) is 14.4. The monoisotopic (exact) mass is 277 g/mol. The Kier molecular flexibility index (Phi) is 3.75. The summed E-state index contributed by atoms with van der Waals surface area (Å²) in [5.41, 5.74) is 5.83. The zero-order chi connectivity index (χ0) is 10.9. The molecule has 0 saturated heterocycles. The highest BCUT2D eigenvalue weighted by Crippen LogP contribution is 2.37. The Morgan fingerprint density at radius 2 is 2.21 bits per heavy atom. The topological polar surface area (TPSA) is 46.2 Å². The van der Waals surface area contributed by atoms with Crippen molar-refractivity contribution < 1.29 is 5.11 Å². The van der Waals surface area contributed by atoms with Crippen molar-refractivity contribution in [1.82, 2.24) is 0 Å². The number of aryl methyl sites for hydroxylation is 1. The molecule has 0 amide bonds. The van der Waals surface area contributed by atoms with Gasteiger partial charge in [0, 0.05) is 25.7 Å². The van der Waals surface area contributed by atoms with Gasteiger partial charge >= 0.3 is 0 Å². The zero-order valence-corrected chi connectivity index (χ0v) is 11.1. The minimum atomic E-state index is -0.267. The van der Waals surface area contributed by atoms with Crippen molar-refractivity contribution in [3.05, 3.63) is 20.3 Å². The van der Waals surface area contributed by atoms with Crippen LogP contribution in [0.15, 0.2) is 10.5 Å². The van der Waals surface area contributed by atoms with Crippen molar-refractivity contribution in [2.75, 3.05) is 6.61 Å². The number of hydrogen-bond donors (Lipinski definition) is 2. The predicted molar refractivity (Wildman–Crippen MR) is 64.6 cm³/mol. The third kappa shape index (κ3) is 2.37. The summed E-state index contributed by atoms with van der Waals surface area (Å²) in [4.78, 5) is 2.35. The molecule has 0 bridgehead atoms. The van der Waals surface area contributed by atoms with Crippen LogP contribution < -0.4 is 5.73 Å². The lowest BCUT2D eigenvalue weighted by Crippen LogP contribution is -2.31. The van der Waals surface area contributed by atoms with Gasteiger partial charge in [-0.25, -0.2) is 0 Å². The molecule has 0 radical (unpaired) electrons. The van der Waals surface area contributed by atoms with Crippen LogP contribution in [0.4, 0.5) is 0 Å². The van der Waals surface area contributed by atoms with Gasteiger partial charge in [-0.2, -0.15) is 0 Å². The molecule has 1 aromatic rings. The Labute approximate surface area is 97.3 Å². The molecule has 0 saturated carbocycles. The number of rotatable bonds is 3. The van der Waals surface area contributed by atoms with Crippen molar-refractivity contribution in [2.45, 2.75) is 26.8 Å². The van der Waals surface area contributed by atoms with Crippen molar-refractivity contribution in [3.63, 3.8) is 0 Å². The fraction of sp³-hybridized carbons (Fsp3) is 0.600. The van der Waals surface area contributed by atoms with Crippen LogP contribution in [0.3, 0.4) is 0 Å². The second-order valence-corrected chi connectivity index (χ2v) is 6.32. The summed E-state index contributed by atoms with van der Waals surface area (Å²) in [6, 6.07) is 1.93. The van der Waals surface area contributed by atoms with Crippen LogP contribution in [-0.2, 0) is 0 Å². The minimum absolute atomic E-state index is 0.0999. The van der Waals surface area contributed by atoms with Gasteiger partial charge in [0.05, 0.1) is 6.61 Å². The van der Waals surface area contributed by atoms with Gasteiger partial charge in [0.2, 0.25) is 0 Å². The number of aliphatic hydroxyl groups excluding tert-OH is 1. The van der Waals surface area contributed by atoms with E-state index in [1.807, 2.05) is 19.9 Å². The highest BCUT2D eigenvalue weighted by Gasteiger charge is 2.28. The standard InChI is InChI=1S/C10H16BrNOS/c1-6-7(11)4-8(14-6)9(12)10(2,3)5-13/h4,9,13H,5,12H2,1-3H3. The maximum absolute atomic E-state index is 9.21. The third-order valence-electron chi connectivity index (χ3n) is 2.43. The Morgan fingerprint density at radius 1 is 1.64 bits per heavy atom. The maximum atomic E-state index is 9.21. The van der Waals surface area contributed by atoms with Crippen LogP contribution in [0.2, 0.25) is 0 Å². The molecule has 0 aromatic carbocycles. The molecule has 0 aliphatic carbocycles. The van der Waals surface area contributed by atoms with E-state index < -0.39 is 0 Å². The van der Waals surface area contributed by atoms with E-state index in [2.05, 4.69) is 22.9 Å². The lowest BCUT2D eigenvalue weighted by Gasteiger charge is -2.28. The zero-order valence-electron chi connectivity index (χ0n) is 8.67. The summed E-state index contributed by atoms with van der Waals surface area (Å²) in [7, 11) is 0. The fourth-order valence-electron chi connectivity index (χ4n) is 1.12. The summed E-state index contributed by atoms with van der Waals surface area (Å²) in [6.45, 7) is 6.10. The van der Waals surface area contributed by atoms with Crippen molar-refractivity contribution in [1.29, 1.82) is 0 Å². The van der Waals surface area contributed by atoms with E-state index in [0.29, 0.717) is 0 Å². The van der Waals surface area contributed by atoms with Crippen LogP contribution in [0, 0.1) is 12.3 Å². The van der Waals surface area contributed by atoms with Gasteiger partial charge in [0.1, 0.15) is 0 Å². The summed E-state index contributed by atoms with van der Waals surface area (Å²) < 4.78 is 1.10. The highest BCUT2D eigenvalue weighted by molar-refractivity contribution is 9.10. The maximum Gasteiger partial charge on any atom is 0.0500 e. The number of hydrogen-bond acceptors (Lipinski definition) is 3. The number of nitrogens with two attached hydrogens (primary N) is 1. The summed E-state index contributed by atoms with van der Waals surface area (Å²) in [5, 5.41) is 9.21. The van der Waals surface area contributed by atoms with Crippen LogP contribution in [0.5, 0.6) is 0 Å². The molecule has 0 aliphatic rings. The molecule has 1 heterocycles. The number of thiophene rings is 1. The van der Waals surface area contributed by atoms with Crippen LogP contribution in [0.25, 0.3) is 0 Å². The molecule has 4 heteroatoms. The van der Waals surface area contributed by atoms with Crippen LogP contribution >= 0.6 is 27.3 Å². The van der Waals surface area contributed by atoms with E-state index in [0.717, 1.165) is 9.35 Å². The molecule has 14 heavy (non-hydrogen) atoms. The Bertz CT molecular complexity index is 302. The molecule has 1 atom stereocenters.